The molecule has 0 unspecified atom stereocenters. The first kappa shape index (κ1) is 11.5. The number of ether oxygens (including phenoxy) is 1. The second-order valence-corrected chi connectivity index (χ2v) is 5.15. The fraction of sp³-hybridized carbons (Fsp3) is 0.400. The van der Waals surface area contributed by atoms with Gasteiger partial charge in [0.2, 0.25) is 0 Å². The highest BCUT2D eigenvalue weighted by atomic mass is 16.5. The van der Waals surface area contributed by atoms with Crippen LogP contribution in [0.5, 0.6) is 5.75 Å². The number of hydrogen-bond acceptors (Lipinski definition) is 3. The van der Waals surface area contributed by atoms with E-state index < -0.39 is 0 Å². The van der Waals surface area contributed by atoms with Crippen LogP contribution in [-0.4, -0.2) is 23.7 Å². The van der Waals surface area contributed by atoms with Crippen molar-refractivity contribution in [2.45, 2.75) is 25.4 Å². The second kappa shape index (κ2) is 4.58. The average molecular weight is 242 g/mol. The Hall–Kier alpha value is -1.61. The Morgan fingerprint density at radius 2 is 2.06 bits per heavy atom. The molecule has 2 heterocycles. The fourth-order valence-electron chi connectivity index (χ4n) is 2.50. The molecule has 0 saturated carbocycles. The van der Waals surface area contributed by atoms with Crippen molar-refractivity contribution >= 4 is 10.8 Å². The lowest BCUT2D eigenvalue weighted by atomic mass is 9.94. The number of rotatable bonds is 2. The fourth-order valence-corrected chi connectivity index (χ4v) is 2.50. The summed E-state index contributed by atoms with van der Waals surface area (Å²) in [5.41, 5.74) is -0.0528. The summed E-state index contributed by atoms with van der Waals surface area (Å²) >= 11 is 0. The maximum atomic E-state index is 6.29. The topological polar surface area (TPSA) is 34.1 Å². The van der Waals surface area contributed by atoms with Crippen molar-refractivity contribution in [3.63, 3.8) is 0 Å². The van der Waals surface area contributed by atoms with Crippen molar-refractivity contribution in [1.82, 2.24) is 10.3 Å². The summed E-state index contributed by atoms with van der Waals surface area (Å²) in [6.07, 6.45) is 5.80. The zero-order valence-corrected chi connectivity index (χ0v) is 10.6. The minimum absolute atomic E-state index is 0.0528. The summed E-state index contributed by atoms with van der Waals surface area (Å²) in [6.45, 7) is 4.26. The number of pyridine rings is 1. The molecule has 1 aliphatic rings. The smallest absolute Gasteiger partial charge is 0.128 e. The van der Waals surface area contributed by atoms with Crippen molar-refractivity contribution in [3.05, 3.63) is 36.7 Å². The number of nitrogens with one attached hydrogen (secondary N) is 1. The highest BCUT2D eigenvalue weighted by Crippen LogP contribution is 2.31. The van der Waals surface area contributed by atoms with Gasteiger partial charge in [0.1, 0.15) is 11.4 Å². The minimum Gasteiger partial charge on any atom is -0.487 e. The van der Waals surface area contributed by atoms with Crippen molar-refractivity contribution in [2.75, 3.05) is 13.1 Å². The second-order valence-electron chi connectivity index (χ2n) is 5.15. The lowest BCUT2D eigenvalue weighted by Gasteiger charge is -2.35. The van der Waals surface area contributed by atoms with Gasteiger partial charge in [0.25, 0.3) is 0 Å². The standard InChI is InChI=1S/C15H18N2O/c1-15(6-9-16-10-7-15)18-14-4-2-3-12-11-17-8-5-13(12)14/h2-5,8,11,16H,6-7,9-10H2,1H3. The van der Waals surface area contributed by atoms with Crippen LogP contribution in [-0.2, 0) is 0 Å². The summed E-state index contributed by atoms with van der Waals surface area (Å²) < 4.78 is 6.29. The highest BCUT2D eigenvalue weighted by Gasteiger charge is 2.29. The quantitative estimate of drug-likeness (QED) is 0.879. The van der Waals surface area contributed by atoms with Crippen LogP contribution >= 0.6 is 0 Å². The largest absolute Gasteiger partial charge is 0.487 e. The third-order valence-electron chi connectivity index (χ3n) is 3.66. The SMILES string of the molecule is CC1(Oc2cccc3cnccc23)CCNCC1. The van der Waals surface area contributed by atoms with Crippen LogP contribution in [0.3, 0.4) is 0 Å². The van der Waals surface area contributed by atoms with Crippen molar-refractivity contribution < 1.29 is 4.74 Å². The molecule has 0 atom stereocenters. The van der Waals surface area contributed by atoms with Crippen LogP contribution in [0.2, 0.25) is 0 Å². The zero-order chi connectivity index (χ0) is 12.4. The average Bonchev–Trinajstić information content (AvgIpc) is 2.40. The van der Waals surface area contributed by atoms with Crippen LogP contribution in [0.1, 0.15) is 19.8 Å². The van der Waals surface area contributed by atoms with Gasteiger partial charge >= 0.3 is 0 Å². The van der Waals surface area contributed by atoms with Crippen LogP contribution in [0, 0.1) is 0 Å². The summed E-state index contributed by atoms with van der Waals surface area (Å²) in [4.78, 5) is 4.15. The van der Waals surface area contributed by atoms with E-state index in [0.29, 0.717) is 0 Å². The lowest BCUT2D eigenvalue weighted by Crippen LogP contribution is -2.43. The zero-order valence-electron chi connectivity index (χ0n) is 10.6. The predicted octanol–water partition coefficient (Wildman–Crippen LogP) is 2.76. The van der Waals surface area contributed by atoms with Gasteiger partial charge in [-0.3, -0.25) is 4.98 Å². The van der Waals surface area contributed by atoms with Crippen molar-refractivity contribution in [1.29, 1.82) is 0 Å². The molecule has 1 aliphatic heterocycles. The van der Waals surface area contributed by atoms with Crippen LogP contribution in [0.15, 0.2) is 36.7 Å². The normalized spacial score (nSPS) is 18.7. The predicted molar refractivity (Wildman–Crippen MR) is 72.9 cm³/mol. The summed E-state index contributed by atoms with van der Waals surface area (Å²) in [5, 5.41) is 5.65. The van der Waals surface area contributed by atoms with E-state index in [2.05, 4.69) is 29.4 Å². The maximum absolute atomic E-state index is 6.29. The molecule has 1 aromatic heterocycles. The molecule has 1 N–H and O–H groups in total. The van der Waals surface area contributed by atoms with Gasteiger partial charge in [-0.05, 0) is 45.0 Å². The molecule has 1 saturated heterocycles. The molecular formula is C15H18N2O. The molecular weight excluding hydrogens is 224 g/mol. The first-order valence-electron chi connectivity index (χ1n) is 6.49. The molecule has 1 aromatic carbocycles. The molecule has 0 bridgehead atoms. The van der Waals surface area contributed by atoms with Crippen molar-refractivity contribution in [2.24, 2.45) is 0 Å². The third kappa shape index (κ3) is 2.18. The molecule has 3 heteroatoms. The first-order chi connectivity index (χ1) is 8.77. The highest BCUT2D eigenvalue weighted by molar-refractivity contribution is 5.87. The van der Waals surface area contributed by atoms with Gasteiger partial charge in [-0.1, -0.05) is 12.1 Å². The Labute approximate surface area is 107 Å². The molecule has 0 spiro atoms. The molecule has 18 heavy (non-hydrogen) atoms. The van der Waals surface area contributed by atoms with Crippen LogP contribution in [0.25, 0.3) is 10.8 Å². The van der Waals surface area contributed by atoms with Crippen molar-refractivity contribution in [3.8, 4) is 5.75 Å². The number of benzene rings is 1. The van der Waals surface area contributed by atoms with Crippen LogP contribution < -0.4 is 10.1 Å². The van der Waals surface area contributed by atoms with Gasteiger partial charge in [-0.2, -0.15) is 0 Å². The van der Waals surface area contributed by atoms with E-state index in [9.17, 15) is 0 Å². The molecule has 2 aromatic rings. The monoisotopic (exact) mass is 242 g/mol. The molecule has 3 rings (SSSR count). The van der Waals surface area contributed by atoms with E-state index >= 15 is 0 Å². The Bertz CT molecular complexity index is 542. The molecule has 3 nitrogen and oxygen atoms in total. The lowest BCUT2D eigenvalue weighted by molar-refractivity contribution is 0.0572. The van der Waals surface area contributed by atoms with Gasteiger partial charge in [0.05, 0.1) is 0 Å². The van der Waals surface area contributed by atoms with Gasteiger partial charge in [0, 0.05) is 23.2 Å². The van der Waals surface area contributed by atoms with E-state index in [0.717, 1.165) is 42.5 Å². The van der Waals surface area contributed by atoms with Gasteiger partial charge in [0.15, 0.2) is 0 Å². The summed E-state index contributed by atoms with van der Waals surface area (Å²) in [5.74, 6) is 0.972. The molecule has 94 valence electrons. The minimum atomic E-state index is -0.0528. The van der Waals surface area contributed by atoms with E-state index in [4.69, 9.17) is 4.74 Å². The van der Waals surface area contributed by atoms with Gasteiger partial charge in [-0.15, -0.1) is 0 Å². The first-order valence-corrected chi connectivity index (χ1v) is 6.49. The van der Waals surface area contributed by atoms with E-state index in [1.165, 1.54) is 0 Å². The Morgan fingerprint density at radius 3 is 2.89 bits per heavy atom. The van der Waals surface area contributed by atoms with E-state index in [-0.39, 0.29) is 5.60 Å². The van der Waals surface area contributed by atoms with Crippen LogP contribution in [0.4, 0.5) is 0 Å². The number of nitrogens with zero attached hydrogens (tertiary/aromatic N) is 1. The molecule has 0 aliphatic carbocycles. The van der Waals surface area contributed by atoms with E-state index in [1.807, 2.05) is 24.5 Å². The van der Waals surface area contributed by atoms with Gasteiger partial charge in [-0.25, -0.2) is 0 Å². The molecule has 0 radical (unpaired) electrons. The van der Waals surface area contributed by atoms with E-state index in [1.54, 1.807) is 0 Å². The number of fused-ring (bicyclic) bond motifs is 1. The molecule has 0 amide bonds. The van der Waals surface area contributed by atoms with Gasteiger partial charge < -0.3 is 10.1 Å². The summed E-state index contributed by atoms with van der Waals surface area (Å²) in [7, 11) is 0. The Kier molecular flexibility index (Phi) is 2.92. The third-order valence-corrected chi connectivity index (χ3v) is 3.66. The number of aromatic nitrogens is 1. The Balaban J connectivity index is 1.94. The number of piperidine rings is 1. The molecule has 1 fully saturated rings. The summed E-state index contributed by atoms with van der Waals surface area (Å²) in [6, 6.07) is 8.18. The maximum Gasteiger partial charge on any atom is 0.128 e. The number of hydrogen-bond donors (Lipinski definition) is 1. The Morgan fingerprint density at radius 1 is 1.22 bits per heavy atom.